The molecule has 2 aromatic rings. The van der Waals surface area contributed by atoms with Crippen LogP contribution in [0.5, 0.6) is 5.75 Å². The van der Waals surface area contributed by atoms with Crippen molar-refractivity contribution in [1.29, 1.82) is 0 Å². The Balaban J connectivity index is 1.29. The monoisotopic (exact) mass is 725 g/mol. The lowest BCUT2D eigenvalue weighted by Crippen LogP contribution is -2.54. The minimum absolute atomic E-state index is 0.00716. The molecule has 8 nitrogen and oxygen atoms in total. The number of carbonyl (C=O) groups is 1. The number of hydrogen-bond donors (Lipinski definition) is 1. The first-order valence-electron chi connectivity index (χ1n) is 18.7. The Kier molecular flexibility index (Phi) is 10.0. The summed E-state index contributed by atoms with van der Waals surface area (Å²) >= 11 is 6.51. The van der Waals surface area contributed by atoms with Gasteiger partial charge in [-0.05, 0) is 131 Å². The molecule has 1 saturated heterocycles. The van der Waals surface area contributed by atoms with E-state index >= 15 is 0 Å². The van der Waals surface area contributed by atoms with Crippen LogP contribution in [0.3, 0.4) is 0 Å². The number of nitrogens with zero attached hydrogens (tertiary/aromatic N) is 2. The molecule has 2 bridgehead atoms. The molecule has 50 heavy (non-hydrogen) atoms. The second kappa shape index (κ2) is 13.9. The van der Waals surface area contributed by atoms with Gasteiger partial charge in [0.1, 0.15) is 5.75 Å². The van der Waals surface area contributed by atoms with Gasteiger partial charge in [-0.2, -0.15) is 0 Å². The zero-order chi connectivity index (χ0) is 35.4. The summed E-state index contributed by atoms with van der Waals surface area (Å²) in [7, 11) is 1.25. The van der Waals surface area contributed by atoms with Crippen molar-refractivity contribution >= 4 is 38.8 Å². The molecule has 1 amide bonds. The number of nitrogens with one attached hydrogen (secondary N) is 1. The van der Waals surface area contributed by atoms with Crippen LogP contribution in [0.4, 0.5) is 5.69 Å². The van der Waals surface area contributed by atoms with Gasteiger partial charge in [-0.1, -0.05) is 37.9 Å². The van der Waals surface area contributed by atoms with Crippen LogP contribution in [0.2, 0.25) is 5.02 Å². The summed E-state index contributed by atoms with van der Waals surface area (Å²) in [6, 6.07) is 12.0. The number of rotatable bonds is 3. The van der Waals surface area contributed by atoms with Gasteiger partial charge >= 0.3 is 0 Å². The van der Waals surface area contributed by atoms with Crippen LogP contribution in [0.1, 0.15) is 87.2 Å². The van der Waals surface area contributed by atoms with Gasteiger partial charge in [0.2, 0.25) is 0 Å². The lowest BCUT2D eigenvalue weighted by atomic mass is 9.55. The normalized spacial score (nSPS) is 37.7. The summed E-state index contributed by atoms with van der Waals surface area (Å²) in [6.45, 7) is 10.2. The number of likely N-dealkylation sites (N-methyl/N-ethyl adjacent to an activating group) is 1. The largest absolute Gasteiger partial charge is 0.490 e. The van der Waals surface area contributed by atoms with Gasteiger partial charge in [0.15, 0.2) is 6.29 Å². The fourth-order valence-corrected chi connectivity index (χ4v) is 11.4. The fraction of sp³-hybridized carbons (Fsp3) is 0.650. The fourth-order valence-electron chi connectivity index (χ4n) is 9.72. The van der Waals surface area contributed by atoms with Crippen LogP contribution in [0.15, 0.2) is 36.4 Å². The first-order chi connectivity index (χ1) is 23.8. The maximum atomic E-state index is 14.0. The van der Waals surface area contributed by atoms with E-state index in [0.29, 0.717) is 24.7 Å². The van der Waals surface area contributed by atoms with Crippen molar-refractivity contribution in [2.75, 3.05) is 51.8 Å². The van der Waals surface area contributed by atoms with Gasteiger partial charge in [-0.25, -0.2) is 4.21 Å². The van der Waals surface area contributed by atoms with E-state index in [1.165, 1.54) is 11.1 Å². The van der Waals surface area contributed by atoms with E-state index in [4.69, 9.17) is 25.8 Å². The molecule has 274 valence electrons. The second-order valence-electron chi connectivity index (χ2n) is 16.7. The summed E-state index contributed by atoms with van der Waals surface area (Å²) in [4.78, 5) is 18.5. The molecule has 2 unspecified atom stereocenters. The number of amides is 1. The van der Waals surface area contributed by atoms with Gasteiger partial charge in [0.25, 0.3) is 5.91 Å². The SMILES string of the molecule is C=S1(=O)NC(=O)c2ccc3c(c2)N(CC2(C)CC[C@H]2[C@@H]([C@@H]2OC[C@@H](CN(C)C)O2)CCC[C@H](C)[C@H]1C)C[C@@]1(CCCc2cc(Cl)ccc21)CO3. The quantitative estimate of drug-likeness (QED) is 0.352. The lowest BCUT2D eigenvalue weighted by Gasteiger charge is -2.54. The molecule has 0 aromatic heterocycles. The topological polar surface area (TPSA) is 80.3 Å². The number of fused-ring (bicyclic) bond motifs is 4. The van der Waals surface area contributed by atoms with Crippen LogP contribution < -0.4 is 14.4 Å². The Morgan fingerprint density at radius 3 is 2.66 bits per heavy atom. The van der Waals surface area contributed by atoms with E-state index in [1.54, 1.807) is 6.07 Å². The van der Waals surface area contributed by atoms with Crippen LogP contribution in [0.25, 0.3) is 0 Å². The van der Waals surface area contributed by atoms with Crippen molar-refractivity contribution in [3.05, 3.63) is 58.1 Å². The van der Waals surface area contributed by atoms with Crippen molar-refractivity contribution < 1.29 is 23.2 Å². The minimum atomic E-state index is -2.91. The maximum Gasteiger partial charge on any atom is 0.262 e. The standard InChI is InChI=1S/C40H56ClN3O5S/c1-26-9-7-11-32(38-47-22-31(49-38)21-43(4)5)34-16-18-39(34,3)23-44-24-40(17-8-10-28-19-30(41)13-14-33(28)40)25-48-36-15-12-29(20-35(36)44)37(45)42-50(6,46)27(26)2/h12-15,19-20,26-27,31-32,34,38H,6-11,16-18,21-25H2,1-5H3,(H,42,45,46)/t26-,27+,31+,32-,34-,38+,39?,40-,50?/m0/s1. The van der Waals surface area contributed by atoms with Gasteiger partial charge in [0.05, 0.1) is 34.7 Å². The van der Waals surface area contributed by atoms with E-state index in [9.17, 15) is 9.00 Å². The van der Waals surface area contributed by atoms with Gasteiger partial charge in [0, 0.05) is 46.8 Å². The van der Waals surface area contributed by atoms with Crippen LogP contribution in [0, 0.1) is 23.2 Å². The number of halogens is 1. The molecule has 2 aliphatic carbocycles. The molecule has 2 fully saturated rings. The van der Waals surface area contributed by atoms with Gasteiger partial charge in [-0.15, -0.1) is 0 Å². The molecule has 9 atom stereocenters. The highest BCUT2D eigenvalue weighted by Crippen LogP contribution is 2.55. The average molecular weight is 726 g/mol. The summed E-state index contributed by atoms with van der Waals surface area (Å²) in [6.07, 6.45) is 8.00. The summed E-state index contributed by atoms with van der Waals surface area (Å²) in [5.41, 5.74) is 3.80. The smallest absolute Gasteiger partial charge is 0.262 e. The number of carbonyl (C=O) groups excluding carboxylic acids is 1. The van der Waals surface area contributed by atoms with E-state index in [2.05, 4.69) is 60.5 Å². The van der Waals surface area contributed by atoms with E-state index in [1.807, 2.05) is 25.1 Å². The molecule has 0 radical (unpaired) electrons. The summed E-state index contributed by atoms with van der Waals surface area (Å²) in [5, 5.41) is 0.487. The molecular weight excluding hydrogens is 670 g/mol. The highest BCUT2D eigenvalue weighted by Gasteiger charge is 2.52. The summed E-state index contributed by atoms with van der Waals surface area (Å²) < 4.78 is 36.7. The van der Waals surface area contributed by atoms with Crippen molar-refractivity contribution in [1.82, 2.24) is 9.62 Å². The Bertz CT molecular complexity index is 1700. The van der Waals surface area contributed by atoms with Gasteiger partial charge in [-0.3, -0.25) is 9.52 Å². The zero-order valence-electron chi connectivity index (χ0n) is 30.5. The summed E-state index contributed by atoms with van der Waals surface area (Å²) in [5.74, 6) is 5.28. The number of benzene rings is 2. The Labute approximate surface area is 304 Å². The minimum Gasteiger partial charge on any atom is -0.490 e. The van der Waals surface area contributed by atoms with Crippen LogP contribution in [-0.4, -0.2) is 85.5 Å². The third-order valence-corrected chi connectivity index (χ3v) is 15.3. The number of aryl methyl sites for hydroxylation is 1. The highest BCUT2D eigenvalue weighted by atomic mass is 35.5. The number of anilines is 1. The van der Waals surface area contributed by atoms with Crippen LogP contribution >= 0.6 is 11.6 Å². The Hall–Kier alpha value is -2.30. The van der Waals surface area contributed by atoms with Crippen molar-refractivity contribution in [3.63, 3.8) is 0 Å². The molecular formula is C40H56ClN3O5S. The molecule has 1 spiro atoms. The predicted octanol–water partition coefficient (Wildman–Crippen LogP) is 6.72. The predicted molar refractivity (Wildman–Crippen MR) is 203 cm³/mol. The van der Waals surface area contributed by atoms with Crippen LogP contribution in [-0.2, 0) is 31.0 Å². The molecule has 10 heteroatoms. The molecule has 3 aliphatic heterocycles. The van der Waals surface area contributed by atoms with Crippen molar-refractivity contribution in [3.8, 4) is 5.75 Å². The van der Waals surface area contributed by atoms with E-state index < -0.39 is 9.71 Å². The third kappa shape index (κ3) is 6.94. The van der Waals surface area contributed by atoms with Crippen molar-refractivity contribution in [2.24, 2.45) is 23.2 Å². The zero-order valence-corrected chi connectivity index (χ0v) is 32.1. The molecule has 3 heterocycles. The van der Waals surface area contributed by atoms with Gasteiger partial charge < -0.3 is 24.0 Å². The first-order valence-corrected chi connectivity index (χ1v) is 20.8. The maximum absolute atomic E-state index is 14.0. The first kappa shape index (κ1) is 36.1. The molecule has 1 N–H and O–H groups in total. The van der Waals surface area contributed by atoms with E-state index in [-0.39, 0.29) is 46.2 Å². The molecule has 5 aliphatic rings. The molecule has 7 rings (SSSR count). The second-order valence-corrected chi connectivity index (χ2v) is 19.6. The van der Waals surface area contributed by atoms with E-state index in [0.717, 1.165) is 87.5 Å². The highest BCUT2D eigenvalue weighted by molar-refractivity contribution is 7.99. The average Bonchev–Trinajstić information content (AvgIpc) is 3.46. The van der Waals surface area contributed by atoms with Crippen molar-refractivity contribution in [2.45, 2.75) is 95.2 Å². The number of hydrogen-bond acceptors (Lipinski definition) is 7. The third-order valence-electron chi connectivity index (χ3n) is 12.8. The molecule has 1 saturated carbocycles. The molecule has 2 aromatic carbocycles. The number of ether oxygens (including phenoxy) is 3. The lowest BCUT2D eigenvalue weighted by molar-refractivity contribution is -0.150. The Morgan fingerprint density at radius 1 is 1.08 bits per heavy atom. The Morgan fingerprint density at radius 2 is 1.90 bits per heavy atom.